The fraction of sp³-hybridized carbons (Fsp3) is 0.697. The van der Waals surface area contributed by atoms with E-state index in [-0.39, 0.29) is 23.0 Å². The highest BCUT2D eigenvalue weighted by atomic mass is 16.6. The van der Waals surface area contributed by atoms with E-state index in [2.05, 4.69) is 63.2 Å². The topological polar surface area (TPSA) is 42.4 Å². The first-order valence-corrected chi connectivity index (χ1v) is 15.2. The van der Waals surface area contributed by atoms with Crippen LogP contribution in [-0.4, -0.2) is 35.2 Å². The average molecular weight is 505 g/mol. The number of rotatable bonds is 8. The van der Waals surface area contributed by atoms with Crippen LogP contribution in [0.3, 0.4) is 0 Å². The van der Waals surface area contributed by atoms with Crippen LogP contribution in [0.1, 0.15) is 104 Å². The van der Waals surface area contributed by atoms with Crippen molar-refractivity contribution in [1.29, 1.82) is 0 Å². The van der Waals surface area contributed by atoms with Crippen LogP contribution in [0.2, 0.25) is 0 Å². The molecule has 4 aliphatic carbocycles. The predicted octanol–water partition coefficient (Wildman–Crippen LogP) is 8.45. The number of fused-ring (bicyclic) bond motifs is 5. The van der Waals surface area contributed by atoms with Gasteiger partial charge < -0.3 is 9.64 Å². The van der Waals surface area contributed by atoms with E-state index in [1.54, 1.807) is 5.57 Å². The van der Waals surface area contributed by atoms with E-state index in [0.29, 0.717) is 0 Å². The molecule has 4 heteroatoms. The van der Waals surface area contributed by atoms with E-state index in [0.717, 1.165) is 75.8 Å². The third-order valence-electron chi connectivity index (χ3n) is 10.7. The van der Waals surface area contributed by atoms with Gasteiger partial charge in [0.05, 0.1) is 0 Å². The van der Waals surface area contributed by atoms with Gasteiger partial charge in [0.2, 0.25) is 0 Å². The van der Waals surface area contributed by atoms with Crippen molar-refractivity contribution in [1.82, 2.24) is 9.88 Å². The third kappa shape index (κ3) is 4.90. The van der Waals surface area contributed by atoms with E-state index in [4.69, 9.17) is 4.74 Å². The zero-order valence-corrected chi connectivity index (χ0v) is 23.7. The van der Waals surface area contributed by atoms with Crippen molar-refractivity contribution in [2.75, 3.05) is 13.1 Å². The smallest absolute Gasteiger partial charge is 0.410 e. The molecule has 2 saturated carbocycles. The summed E-state index contributed by atoms with van der Waals surface area (Å²) >= 11 is 0. The molecule has 37 heavy (non-hydrogen) atoms. The summed E-state index contributed by atoms with van der Waals surface area (Å²) in [5.41, 5.74) is 4.95. The van der Waals surface area contributed by atoms with Crippen molar-refractivity contribution in [2.45, 2.75) is 104 Å². The van der Waals surface area contributed by atoms with Crippen LogP contribution in [0, 0.1) is 28.6 Å². The normalized spacial score (nSPS) is 34.5. The van der Waals surface area contributed by atoms with Gasteiger partial charge in [-0.15, -0.1) is 0 Å². The fourth-order valence-electron chi connectivity index (χ4n) is 8.47. The molecule has 0 bridgehead atoms. The molecule has 1 heterocycles. The summed E-state index contributed by atoms with van der Waals surface area (Å²) in [4.78, 5) is 19.5. The molecule has 4 nitrogen and oxygen atoms in total. The molecule has 0 N–H and O–H groups in total. The van der Waals surface area contributed by atoms with Crippen LogP contribution in [-0.2, 0) is 4.74 Å². The van der Waals surface area contributed by atoms with Gasteiger partial charge in [-0.2, -0.15) is 0 Å². The molecule has 0 unspecified atom stereocenters. The molecular formula is C33H48N2O2. The number of hydrogen-bond acceptors (Lipinski definition) is 3. The zero-order chi connectivity index (χ0) is 26.0. The van der Waals surface area contributed by atoms with Gasteiger partial charge >= 0.3 is 6.09 Å². The average Bonchev–Trinajstić information content (AvgIpc) is 3.26. The number of hydrogen-bond donors (Lipinski definition) is 0. The fourth-order valence-corrected chi connectivity index (χ4v) is 8.47. The van der Waals surface area contributed by atoms with Gasteiger partial charge in [-0.3, -0.25) is 4.98 Å². The summed E-state index contributed by atoms with van der Waals surface area (Å²) < 4.78 is 6.16. The van der Waals surface area contributed by atoms with E-state index in [9.17, 15) is 4.79 Å². The van der Waals surface area contributed by atoms with Crippen LogP contribution in [0.4, 0.5) is 4.79 Å². The first-order chi connectivity index (χ1) is 17.9. The van der Waals surface area contributed by atoms with E-state index < -0.39 is 0 Å². The van der Waals surface area contributed by atoms with Crippen molar-refractivity contribution in [3.8, 4) is 0 Å². The monoisotopic (exact) mass is 504 g/mol. The molecule has 5 rings (SSSR count). The molecule has 4 aliphatic rings. The Labute approximate surface area is 225 Å². The SMILES string of the molecule is CCCCN(CCCC)C(=O)O[C@H]1CC[C@@]2(C)C(=CC[C@@H]3[C@@H]2CC[C@]2(C)C(c4cccnc4)=CC[C@@H]32)C1. The maximum Gasteiger partial charge on any atom is 0.410 e. The summed E-state index contributed by atoms with van der Waals surface area (Å²) in [7, 11) is 0. The highest BCUT2D eigenvalue weighted by molar-refractivity contribution is 5.72. The first-order valence-electron chi connectivity index (χ1n) is 15.2. The second-order valence-corrected chi connectivity index (χ2v) is 12.8. The predicted molar refractivity (Wildman–Crippen MR) is 151 cm³/mol. The Hall–Kier alpha value is -2.10. The Kier molecular flexibility index (Phi) is 7.84. The Bertz CT molecular complexity index is 1010. The molecule has 1 amide bonds. The van der Waals surface area contributed by atoms with Crippen molar-refractivity contribution in [3.05, 3.63) is 47.8 Å². The molecule has 2 fully saturated rings. The van der Waals surface area contributed by atoms with E-state index >= 15 is 0 Å². The van der Waals surface area contributed by atoms with Gasteiger partial charge in [-0.05, 0) is 97.2 Å². The summed E-state index contributed by atoms with van der Waals surface area (Å²) in [6, 6.07) is 4.32. The number of carbonyl (C=O) groups is 1. The van der Waals surface area contributed by atoms with Crippen molar-refractivity contribution < 1.29 is 9.53 Å². The van der Waals surface area contributed by atoms with Crippen LogP contribution >= 0.6 is 0 Å². The molecular weight excluding hydrogens is 456 g/mol. The summed E-state index contributed by atoms with van der Waals surface area (Å²) in [6.45, 7) is 11.1. The number of ether oxygens (including phenoxy) is 1. The minimum absolute atomic E-state index is 0.0355. The molecule has 0 saturated heterocycles. The van der Waals surface area contributed by atoms with E-state index in [1.807, 2.05) is 11.1 Å². The molecule has 6 atom stereocenters. The lowest BCUT2D eigenvalue weighted by atomic mass is 9.47. The Morgan fingerprint density at radius 3 is 2.49 bits per heavy atom. The van der Waals surface area contributed by atoms with Gasteiger partial charge in [-0.1, -0.05) is 64.3 Å². The van der Waals surface area contributed by atoms with E-state index in [1.165, 1.54) is 36.8 Å². The lowest BCUT2D eigenvalue weighted by Crippen LogP contribution is -2.50. The minimum Gasteiger partial charge on any atom is -0.446 e. The second-order valence-electron chi connectivity index (χ2n) is 12.8. The van der Waals surface area contributed by atoms with Crippen LogP contribution < -0.4 is 0 Å². The highest BCUT2D eigenvalue weighted by Crippen LogP contribution is 2.66. The second kappa shape index (κ2) is 10.9. The lowest BCUT2D eigenvalue weighted by Gasteiger charge is -2.57. The van der Waals surface area contributed by atoms with Crippen LogP contribution in [0.15, 0.2) is 42.3 Å². The third-order valence-corrected chi connectivity index (χ3v) is 10.7. The Morgan fingerprint density at radius 2 is 1.78 bits per heavy atom. The quantitative estimate of drug-likeness (QED) is 0.334. The molecule has 1 aromatic heterocycles. The number of amides is 1. The Balaban J connectivity index is 1.27. The molecule has 202 valence electrons. The zero-order valence-electron chi connectivity index (χ0n) is 23.7. The first kappa shape index (κ1) is 26.5. The van der Waals surface area contributed by atoms with Gasteiger partial charge in [0.1, 0.15) is 6.10 Å². The number of carbonyl (C=O) groups excluding carboxylic acids is 1. The molecule has 0 spiro atoms. The molecule has 1 aromatic rings. The Morgan fingerprint density at radius 1 is 1.03 bits per heavy atom. The van der Waals surface area contributed by atoms with Gasteiger partial charge in [-0.25, -0.2) is 4.79 Å². The number of unbranched alkanes of at least 4 members (excludes halogenated alkanes) is 2. The highest BCUT2D eigenvalue weighted by Gasteiger charge is 2.57. The van der Waals surface area contributed by atoms with Gasteiger partial charge in [0.25, 0.3) is 0 Å². The standard InChI is InChI=1S/C33H48N2O2/c1-5-7-20-35(21-8-6-2)31(36)37-26-15-17-32(3)25(22-26)11-12-27-29-14-13-28(24-10-9-19-34-23-24)33(29,4)18-16-30(27)32/h9-11,13,19,23,26-27,29-30H,5-8,12,14-18,20-22H2,1-4H3/t26-,27-,29-,30-,32-,33+/m0/s1. The molecule has 0 radical (unpaired) electrons. The van der Waals surface area contributed by atoms with Crippen molar-refractivity contribution in [3.63, 3.8) is 0 Å². The number of aromatic nitrogens is 1. The minimum atomic E-state index is -0.0850. The number of nitrogens with zero attached hydrogens (tertiary/aromatic N) is 2. The largest absolute Gasteiger partial charge is 0.446 e. The summed E-state index contributed by atoms with van der Waals surface area (Å²) in [5.74, 6) is 2.21. The number of allylic oxidation sites excluding steroid dienone is 3. The van der Waals surface area contributed by atoms with Crippen molar-refractivity contribution >= 4 is 11.7 Å². The molecule has 0 aliphatic heterocycles. The lowest BCUT2D eigenvalue weighted by molar-refractivity contribution is -0.0294. The van der Waals surface area contributed by atoms with Crippen molar-refractivity contribution in [2.24, 2.45) is 28.6 Å². The van der Waals surface area contributed by atoms with Gasteiger partial charge in [0.15, 0.2) is 0 Å². The molecule has 0 aromatic carbocycles. The maximum atomic E-state index is 13.1. The number of pyridine rings is 1. The van der Waals surface area contributed by atoms with Crippen LogP contribution in [0.25, 0.3) is 5.57 Å². The van der Waals surface area contributed by atoms with Gasteiger partial charge in [0, 0.05) is 31.9 Å². The van der Waals surface area contributed by atoms with Crippen LogP contribution in [0.5, 0.6) is 0 Å². The summed E-state index contributed by atoms with van der Waals surface area (Å²) in [5, 5.41) is 0. The maximum absolute atomic E-state index is 13.1. The summed E-state index contributed by atoms with van der Waals surface area (Å²) in [6.07, 6.45) is 21.3.